The standard InChI is InChI=1S/C11H14N4O2/c1-6-9(4-5-10(16)17)7(2)15-11(12-6)13-8(3)14-15/h4-5H2,1-3H3,(H,16,17). The molecule has 6 heteroatoms. The molecule has 0 aliphatic heterocycles. The van der Waals surface area contributed by atoms with Gasteiger partial charge in [-0.1, -0.05) is 0 Å². The van der Waals surface area contributed by atoms with E-state index in [1.807, 2.05) is 13.8 Å². The smallest absolute Gasteiger partial charge is 0.303 e. The van der Waals surface area contributed by atoms with Crippen LogP contribution in [0.2, 0.25) is 0 Å². The zero-order valence-electron chi connectivity index (χ0n) is 10.1. The minimum absolute atomic E-state index is 0.0997. The Morgan fingerprint density at radius 1 is 1.29 bits per heavy atom. The second-order valence-corrected chi connectivity index (χ2v) is 4.03. The second kappa shape index (κ2) is 4.12. The van der Waals surface area contributed by atoms with E-state index in [0.717, 1.165) is 17.0 Å². The number of aryl methyl sites for hydroxylation is 3. The minimum Gasteiger partial charge on any atom is -0.481 e. The van der Waals surface area contributed by atoms with Gasteiger partial charge in [-0.05, 0) is 32.8 Å². The van der Waals surface area contributed by atoms with Crippen LogP contribution < -0.4 is 0 Å². The molecular weight excluding hydrogens is 220 g/mol. The molecule has 17 heavy (non-hydrogen) atoms. The van der Waals surface area contributed by atoms with Gasteiger partial charge in [-0.3, -0.25) is 4.79 Å². The van der Waals surface area contributed by atoms with Crippen molar-refractivity contribution in [3.63, 3.8) is 0 Å². The lowest BCUT2D eigenvalue weighted by atomic mass is 10.1. The quantitative estimate of drug-likeness (QED) is 0.859. The van der Waals surface area contributed by atoms with Gasteiger partial charge in [-0.15, -0.1) is 0 Å². The van der Waals surface area contributed by atoms with Crippen LogP contribution in [0.4, 0.5) is 0 Å². The molecule has 0 saturated heterocycles. The molecule has 2 aromatic rings. The molecule has 0 unspecified atom stereocenters. The third-order valence-electron chi connectivity index (χ3n) is 2.74. The third kappa shape index (κ3) is 2.11. The van der Waals surface area contributed by atoms with E-state index < -0.39 is 5.97 Å². The number of aliphatic carboxylic acids is 1. The zero-order chi connectivity index (χ0) is 12.6. The number of carboxylic acid groups (broad SMARTS) is 1. The molecule has 0 amide bonds. The van der Waals surface area contributed by atoms with Crippen LogP contribution in [-0.4, -0.2) is 30.7 Å². The summed E-state index contributed by atoms with van der Waals surface area (Å²) in [5.41, 5.74) is 2.67. The topological polar surface area (TPSA) is 80.4 Å². The van der Waals surface area contributed by atoms with E-state index >= 15 is 0 Å². The monoisotopic (exact) mass is 234 g/mol. The summed E-state index contributed by atoms with van der Waals surface area (Å²) < 4.78 is 1.67. The summed E-state index contributed by atoms with van der Waals surface area (Å²) in [5.74, 6) is 0.422. The van der Waals surface area contributed by atoms with E-state index in [4.69, 9.17) is 5.11 Å². The van der Waals surface area contributed by atoms with Crippen molar-refractivity contribution < 1.29 is 9.90 Å². The van der Waals surface area contributed by atoms with Gasteiger partial charge in [-0.2, -0.15) is 10.1 Å². The molecule has 0 aromatic carbocycles. The van der Waals surface area contributed by atoms with Gasteiger partial charge in [0.15, 0.2) is 0 Å². The number of carbonyl (C=O) groups is 1. The average Bonchev–Trinajstić information content (AvgIpc) is 2.58. The van der Waals surface area contributed by atoms with Gasteiger partial charge in [0.05, 0.1) is 0 Å². The van der Waals surface area contributed by atoms with Crippen LogP contribution in [0.5, 0.6) is 0 Å². The number of hydrogen-bond donors (Lipinski definition) is 1. The zero-order valence-corrected chi connectivity index (χ0v) is 10.1. The van der Waals surface area contributed by atoms with Crippen LogP contribution >= 0.6 is 0 Å². The first-order valence-corrected chi connectivity index (χ1v) is 5.40. The van der Waals surface area contributed by atoms with Crippen LogP contribution in [0.3, 0.4) is 0 Å². The molecule has 0 atom stereocenters. The van der Waals surface area contributed by atoms with Crippen molar-refractivity contribution in [3.8, 4) is 0 Å². The normalized spacial score (nSPS) is 11.0. The Balaban J connectivity index is 2.51. The van der Waals surface area contributed by atoms with Gasteiger partial charge in [-0.25, -0.2) is 9.50 Å². The summed E-state index contributed by atoms with van der Waals surface area (Å²) in [5, 5.41) is 13.0. The van der Waals surface area contributed by atoms with Crippen LogP contribution in [0.1, 0.15) is 29.2 Å². The molecule has 0 fully saturated rings. The summed E-state index contributed by atoms with van der Waals surface area (Å²) in [6, 6.07) is 0. The lowest BCUT2D eigenvalue weighted by molar-refractivity contribution is -0.136. The molecule has 2 heterocycles. The first-order chi connectivity index (χ1) is 7.99. The van der Waals surface area contributed by atoms with Crippen LogP contribution in [0.25, 0.3) is 5.78 Å². The van der Waals surface area contributed by atoms with Crippen molar-refractivity contribution in [2.45, 2.75) is 33.6 Å². The summed E-state index contributed by atoms with van der Waals surface area (Å²) in [4.78, 5) is 19.1. The maximum Gasteiger partial charge on any atom is 0.303 e. The molecule has 0 spiro atoms. The van der Waals surface area contributed by atoms with Crippen molar-refractivity contribution in [3.05, 3.63) is 22.8 Å². The van der Waals surface area contributed by atoms with E-state index in [2.05, 4.69) is 15.1 Å². The second-order valence-electron chi connectivity index (χ2n) is 4.03. The maximum absolute atomic E-state index is 10.6. The molecule has 0 radical (unpaired) electrons. The summed E-state index contributed by atoms with van der Waals surface area (Å²) >= 11 is 0. The fourth-order valence-corrected chi connectivity index (χ4v) is 1.90. The Hall–Kier alpha value is -1.98. The Labute approximate surface area is 98.3 Å². The Kier molecular flexibility index (Phi) is 2.79. The van der Waals surface area contributed by atoms with Crippen molar-refractivity contribution in [1.82, 2.24) is 19.6 Å². The van der Waals surface area contributed by atoms with Gasteiger partial charge in [0.1, 0.15) is 5.82 Å². The van der Waals surface area contributed by atoms with E-state index in [-0.39, 0.29) is 6.42 Å². The number of carboxylic acids is 1. The predicted octanol–water partition coefficient (Wildman–Crippen LogP) is 1.07. The molecule has 0 saturated carbocycles. The highest BCUT2D eigenvalue weighted by Gasteiger charge is 2.12. The van der Waals surface area contributed by atoms with Gasteiger partial charge < -0.3 is 5.11 Å². The Morgan fingerprint density at radius 3 is 2.65 bits per heavy atom. The molecular formula is C11H14N4O2. The summed E-state index contributed by atoms with van der Waals surface area (Å²) in [6.45, 7) is 5.58. The molecule has 2 aromatic heterocycles. The van der Waals surface area contributed by atoms with Gasteiger partial charge in [0.25, 0.3) is 5.78 Å². The SMILES string of the molecule is Cc1nc2nc(C)c(CCC(=O)O)c(C)n2n1. The molecule has 0 bridgehead atoms. The average molecular weight is 234 g/mol. The number of nitrogens with zero attached hydrogens (tertiary/aromatic N) is 4. The first kappa shape index (κ1) is 11.5. The molecule has 90 valence electrons. The van der Waals surface area contributed by atoms with E-state index in [1.165, 1.54) is 0 Å². The molecule has 0 aliphatic rings. The number of fused-ring (bicyclic) bond motifs is 1. The highest BCUT2D eigenvalue weighted by Crippen LogP contribution is 2.15. The molecule has 1 N–H and O–H groups in total. The lowest BCUT2D eigenvalue weighted by Gasteiger charge is -2.08. The highest BCUT2D eigenvalue weighted by molar-refractivity contribution is 5.67. The summed E-state index contributed by atoms with van der Waals surface area (Å²) in [7, 11) is 0. The van der Waals surface area contributed by atoms with Crippen LogP contribution in [-0.2, 0) is 11.2 Å². The van der Waals surface area contributed by atoms with Crippen LogP contribution in [0, 0.1) is 20.8 Å². The van der Waals surface area contributed by atoms with Crippen molar-refractivity contribution in [2.75, 3.05) is 0 Å². The third-order valence-corrected chi connectivity index (χ3v) is 2.74. The fraction of sp³-hybridized carbons (Fsp3) is 0.455. The lowest BCUT2D eigenvalue weighted by Crippen LogP contribution is -2.08. The first-order valence-electron chi connectivity index (χ1n) is 5.40. The maximum atomic E-state index is 10.6. The fourth-order valence-electron chi connectivity index (χ4n) is 1.90. The van der Waals surface area contributed by atoms with E-state index in [1.54, 1.807) is 11.4 Å². The van der Waals surface area contributed by atoms with Crippen molar-refractivity contribution in [2.24, 2.45) is 0 Å². The Bertz CT molecular complexity index is 589. The van der Waals surface area contributed by atoms with Crippen LogP contribution in [0.15, 0.2) is 0 Å². The Morgan fingerprint density at radius 2 is 2.00 bits per heavy atom. The highest BCUT2D eigenvalue weighted by atomic mass is 16.4. The molecule has 6 nitrogen and oxygen atoms in total. The number of rotatable bonds is 3. The number of hydrogen-bond acceptors (Lipinski definition) is 4. The van der Waals surface area contributed by atoms with E-state index in [0.29, 0.717) is 18.0 Å². The largest absolute Gasteiger partial charge is 0.481 e. The summed E-state index contributed by atoms with van der Waals surface area (Å²) in [6.07, 6.45) is 0.567. The van der Waals surface area contributed by atoms with Gasteiger partial charge >= 0.3 is 5.97 Å². The van der Waals surface area contributed by atoms with Gasteiger partial charge in [0, 0.05) is 17.8 Å². The minimum atomic E-state index is -0.807. The van der Waals surface area contributed by atoms with Crippen molar-refractivity contribution in [1.29, 1.82) is 0 Å². The molecule has 0 aliphatic carbocycles. The predicted molar refractivity (Wildman–Crippen MR) is 60.9 cm³/mol. The van der Waals surface area contributed by atoms with Crippen molar-refractivity contribution >= 4 is 11.7 Å². The molecule has 2 rings (SSSR count). The van der Waals surface area contributed by atoms with Gasteiger partial charge in [0.2, 0.25) is 0 Å². The number of aromatic nitrogens is 4. The van der Waals surface area contributed by atoms with E-state index in [9.17, 15) is 4.79 Å².